The lowest BCUT2D eigenvalue weighted by Crippen LogP contribution is -2.31. The number of alkyl halides is 3. The Labute approximate surface area is 216 Å². The number of hydrogen-bond acceptors (Lipinski definition) is 5. The number of benzene rings is 3. The summed E-state index contributed by atoms with van der Waals surface area (Å²) < 4.78 is 38.9. The lowest BCUT2D eigenvalue weighted by atomic mass is 10.1. The van der Waals surface area contributed by atoms with Crippen LogP contribution >= 0.6 is 11.8 Å². The molecule has 0 spiro atoms. The van der Waals surface area contributed by atoms with Gasteiger partial charge in [-0.3, -0.25) is 14.5 Å². The summed E-state index contributed by atoms with van der Waals surface area (Å²) in [6, 6.07) is 20.9. The Kier molecular flexibility index (Phi) is 7.68. The summed E-state index contributed by atoms with van der Waals surface area (Å²) in [6.45, 7) is 0. The van der Waals surface area contributed by atoms with Crippen LogP contribution in [-0.2, 0) is 15.8 Å². The minimum atomic E-state index is -4.51. The molecular formula is C27H23F3N4O2S. The molecule has 190 valence electrons. The summed E-state index contributed by atoms with van der Waals surface area (Å²) in [5, 5.41) is 2.77. The van der Waals surface area contributed by atoms with E-state index in [1.165, 1.54) is 17.0 Å². The van der Waals surface area contributed by atoms with Crippen LogP contribution in [0.15, 0.2) is 89.6 Å². The Balaban J connectivity index is 1.53. The van der Waals surface area contributed by atoms with E-state index in [9.17, 15) is 22.8 Å². The van der Waals surface area contributed by atoms with Crippen LogP contribution in [0, 0.1) is 0 Å². The number of aliphatic imine (C=N–C) groups is 1. The van der Waals surface area contributed by atoms with Crippen LogP contribution in [-0.4, -0.2) is 36.8 Å². The molecule has 1 heterocycles. The fraction of sp³-hybridized carbons (Fsp3) is 0.148. The maximum Gasteiger partial charge on any atom is 0.416 e. The molecule has 1 aliphatic rings. The molecule has 10 heteroatoms. The maximum absolute atomic E-state index is 13.3. The molecule has 3 aromatic rings. The van der Waals surface area contributed by atoms with Crippen molar-refractivity contribution in [2.45, 2.75) is 6.18 Å². The molecule has 3 aromatic carbocycles. The molecule has 1 N–H and O–H groups in total. The third-order valence-corrected chi connectivity index (χ3v) is 6.30. The average Bonchev–Trinajstić information content (AvgIpc) is 3.18. The van der Waals surface area contributed by atoms with Crippen molar-refractivity contribution in [3.8, 4) is 0 Å². The van der Waals surface area contributed by atoms with Gasteiger partial charge in [0.1, 0.15) is 5.70 Å². The zero-order chi connectivity index (χ0) is 26.6. The Morgan fingerprint density at radius 3 is 2.38 bits per heavy atom. The number of anilines is 3. The fourth-order valence-electron chi connectivity index (χ4n) is 3.52. The van der Waals surface area contributed by atoms with Gasteiger partial charge in [-0.05, 0) is 54.1 Å². The summed E-state index contributed by atoms with van der Waals surface area (Å²) in [4.78, 5) is 33.7. The molecule has 0 aromatic heterocycles. The molecule has 37 heavy (non-hydrogen) atoms. The first kappa shape index (κ1) is 26.0. The van der Waals surface area contributed by atoms with Gasteiger partial charge in [0.05, 0.1) is 17.0 Å². The fourth-order valence-corrected chi connectivity index (χ4v) is 4.34. The van der Waals surface area contributed by atoms with E-state index in [0.29, 0.717) is 10.9 Å². The van der Waals surface area contributed by atoms with Crippen LogP contribution in [0.4, 0.5) is 30.2 Å². The minimum Gasteiger partial charge on any atom is -0.378 e. The van der Waals surface area contributed by atoms with E-state index in [1.54, 1.807) is 30.3 Å². The highest BCUT2D eigenvalue weighted by atomic mass is 32.2. The second kappa shape index (κ2) is 10.9. The van der Waals surface area contributed by atoms with Crippen LogP contribution in [0.25, 0.3) is 6.08 Å². The van der Waals surface area contributed by atoms with Crippen LogP contribution in [0.2, 0.25) is 0 Å². The predicted molar refractivity (Wildman–Crippen MR) is 143 cm³/mol. The van der Waals surface area contributed by atoms with Gasteiger partial charge in [-0.25, -0.2) is 4.99 Å². The zero-order valence-corrected chi connectivity index (χ0v) is 20.8. The average molecular weight is 525 g/mol. The number of amides is 2. The topological polar surface area (TPSA) is 65.0 Å². The van der Waals surface area contributed by atoms with Crippen molar-refractivity contribution < 1.29 is 22.8 Å². The Morgan fingerprint density at radius 1 is 1.03 bits per heavy atom. The molecule has 0 atom stereocenters. The molecule has 0 bridgehead atoms. The number of hydrogen-bond donors (Lipinski definition) is 1. The van der Waals surface area contributed by atoms with Crippen LogP contribution < -0.4 is 15.1 Å². The van der Waals surface area contributed by atoms with Crippen LogP contribution in [0.3, 0.4) is 0 Å². The molecule has 0 unspecified atom stereocenters. The van der Waals surface area contributed by atoms with E-state index < -0.39 is 17.6 Å². The molecule has 0 saturated heterocycles. The van der Waals surface area contributed by atoms with Crippen LogP contribution in [0.5, 0.6) is 0 Å². The monoisotopic (exact) mass is 524 g/mol. The van der Waals surface area contributed by atoms with Gasteiger partial charge >= 0.3 is 6.18 Å². The van der Waals surface area contributed by atoms with Gasteiger partial charge in [0.2, 0.25) is 5.91 Å². The van der Waals surface area contributed by atoms with Gasteiger partial charge in [-0.1, -0.05) is 48.2 Å². The van der Waals surface area contributed by atoms with Crippen molar-refractivity contribution in [3.05, 3.63) is 95.7 Å². The summed E-state index contributed by atoms with van der Waals surface area (Å²) in [5.74, 6) is -1.02. The second-order valence-corrected chi connectivity index (χ2v) is 9.24. The van der Waals surface area contributed by atoms with E-state index in [0.717, 1.165) is 35.1 Å². The van der Waals surface area contributed by atoms with Gasteiger partial charge in [0.15, 0.2) is 5.17 Å². The van der Waals surface area contributed by atoms with E-state index in [-0.39, 0.29) is 23.0 Å². The van der Waals surface area contributed by atoms with E-state index >= 15 is 0 Å². The zero-order valence-electron chi connectivity index (χ0n) is 20.0. The molecule has 1 aliphatic heterocycles. The first-order valence-electron chi connectivity index (χ1n) is 11.2. The van der Waals surface area contributed by atoms with Gasteiger partial charge in [-0.15, -0.1) is 0 Å². The van der Waals surface area contributed by atoms with E-state index in [1.807, 2.05) is 49.3 Å². The molecule has 4 rings (SSSR count). The number of amidine groups is 1. The van der Waals surface area contributed by atoms with Crippen LogP contribution in [0.1, 0.15) is 11.1 Å². The predicted octanol–water partition coefficient (Wildman–Crippen LogP) is 5.89. The molecule has 0 saturated carbocycles. The molecule has 6 nitrogen and oxygen atoms in total. The smallest absolute Gasteiger partial charge is 0.378 e. The van der Waals surface area contributed by atoms with Crippen molar-refractivity contribution in [1.29, 1.82) is 0 Å². The normalized spacial score (nSPS) is 14.6. The summed E-state index contributed by atoms with van der Waals surface area (Å²) >= 11 is 1.02. The summed E-state index contributed by atoms with van der Waals surface area (Å²) in [6.07, 6.45) is -2.84. The lowest BCUT2D eigenvalue weighted by Gasteiger charge is -2.17. The van der Waals surface area contributed by atoms with Gasteiger partial charge in [0.25, 0.3) is 5.91 Å². The highest BCUT2D eigenvalue weighted by Crippen LogP contribution is 2.32. The van der Waals surface area contributed by atoms with E-state index in [4.69, 9.17) is 0 Å². The number of nitrogens with zero attached hydrogens (tertiary/aromatic N) is 3. The van der Waals surface area contributed by atoms with Crippen molar-refractivity contribution in [2.75, 3.05) is 35.0 Å². The molecule has 0 radical (unpaired) electrons. The Hall–Kier alpha value is -4.05. The van der Waals surface area contributed by atoms with Gasteiger partial charge in [0, 0.05) is 25.5 Å². The third-order valence-electron chi connectivity index (χ3n) is 5.36. The van der Waals surface area contributed by atoms with Crippen molar-refractivity contribution in [3.63, 3.8) is 0 Å². The van der Waals surface area contributed by atoms with Gasteiger partial charge in [-0.2, -0.15) is 13.2 Å². The Morgan fingerprint density at radius 2 is 1.73 bits per heavy atom. The highest BCUT2D eigenvalue weighted by molar-refractivity contribution is 8.14. The SMILES string of the molecule is CN(C)c1ccc(/C=C2/N=C(SCC(=O)Nc3cccc(C(F)(F)F)c3)N(c3ccccc3)C2=O)cc1. The highest BCUT2D eigenvalue weighted by Gasteiger charge is 2.33. The largest absolute Gasteiger partial charge is 0.416 e. The number of thioether (sulfide) groups is 1. The second-order valence-electron chi connectivity index (χ2n) is 8.30. The van der Waals surface area contributed by atoms with Crippen molar-refractivity contribution in [1.82, 2.24) is 0 Å². The number of carbonyl (C=O) groups excluding carboxylic acids is 2. The number of para-hydroxylation sites is 1. The minimum absolute atomic E-state index is 0.0338. The summed E-state index contributed by atoms with van der Waals surface area (Å²) in [7, 11) is 3.87. The van der Waals surface area contributed by atoms with Crippen molar-refractivity contribution in [2.24, 2.45) is 4.99 Å². The first-order valence-corrected chi connectivity index (χ1v) is 12.2. The quantitative estimate of drug-likeness (QED) is 0.409. The number of nitrogens with one attached hydrogen (secondary N) is 1. The number of halogens is 3. The van der Waals surface area contributed by atoms with Gasteiger partial charge < -0.3 is 10.2 Å². The molecular weight excluding hydrogens is 501 g/mol. The van der Waals surface area contributed by atoms with Crippen molar-refractivity contribution >= 4 is 51.9 Å². The maximum atomic E-state index is 13.3. The molecule has 0 fully saturated rings. The standard InChI is InChI=1S/C27H23F3N4O2S/c1-33(2)21-13-11-18(12-14-21)15-23-25(36)34(22-9-4-3-5-10-22)26(32-23)37-17-24(35)31-20-8-6-7-19(16-20)27(28,29)30/h3-16H,17H2,1-2H3,(H,31,35)/b23-15+. The lowest BCUT2D eigenvalue weighted by molar-refractivity contribution is -0.137. The Bertz CT molecular complexity index is 1350. The number of carbonyl (C=O) groups is 2. The number of rotatable bonds is 6. The summed E-state index contributed by atoms with van der Waals surface area (Å²) in [5.41, 5.74) is 1.78. The molecule has 0 aliphatic carbocycles. The first-order chi connectivity index (χ1) is 17.6. The molecule has 2 amide bonds. The third kappa shape index (κ3) is 6.39. The van der Waals surface area contributed by atoms with E-state index in [2.05, 4.69) is 10.3 Å².